The van der Waals surface area contributed by atoms with Gasteiger partial charge in [0.1, 0.15) is 18.4 Å². The summed E-state index contributed by atoms with van der Waals surface area (Å²) < 4.78 is 5.28. The van der Waals surface area contributed by atoms with Crippen LogP contribution in [0.2, 0.25) is 0 Å². The molecule has 2 N–H and O–H groups in total. The maximum absolute atomic E-state index is 12.2. The van der Waals surface area contributed by atoms with Gasteiger partial charge in [-0.1, -0.05) is 48.5 Å². The summed E-state index contributed by atoms with van der Waals surface area (Å²) >= 11 is 0. The van der Waals surface area contributed by atoms with Gasteiger partial charge in [-0.15, -0.1) is 0 Å². The molecule has 0 bridgehead atoms. The molecule has 24 heavy (non-hydrogen) atoms. The van der Waals surface area contributed by atoms with Crippen LogP contribution in [0.25, 0.3) is 0 Å². The SMILES string of the molecule is NC(=O)C1CC(C(=O)OCc2ccccc2)=NN1c1ccccc1. The van der Waals surface area contributed by atoms with Crippen LogP contribution < -0.4 is 10.7 Å². The minimum Gasteiger partial charge on any atom is -0.456 e. The topological polar surface area (TPSA) is 85.0 Å². The summed E-state index contributed by atoms with van der Waals surface area (Å²) in [4.78, 5) is 23.9. The summed E-state index contributed by atoms with van der Waals surface area (Å²) in [6.07, 6.45) is 0.137. The Balaban J connectivity index is 1.73. The molecular formula is C18H17N3O3. The number of anilines is 1. The monoisotopic (exact) mass is 323 g/mol. The average Bonchev–Trinajstić information content (AvgIpc) is 3.07. The highest BCUT2D eigenvalue weighted by atomic mass is 16.5. The third kappa shape index (κ3) is 3.43. The van der Waals surface area contributed by atoms with Crippen molar-refractivity contribution in [1.82, 2.24) is 0 Å². The molecule has 1 atom stereocenters. The summed E-state index contributed by atoms with van der Waals surface area (Å²) in [6, 6.07) is 17.8. The highest BCUT2D eigenvalue weighted by Crippen LogP contribution is 2.24. The number of rotatable bonds is 5. The number of hydrogen-bond acceptors (Lipinski definition) is 5. The maximum atomic E-state index is 12.2. The normalized spacial score (nSPS) is 16.6. The Labute approximate surface area is 139 Å². The van der Waals surface area contributed by atoms with Gasteiger partial charge in [-0.2, -0.15) is 5.10 Å². The quantitative estimate of drug-likeness (QED) is 0.851. The Morgan fingerprint density at radius 3 is 2.33 bits per heavy atom. The second kappa shape index (κ2) is 6.95. The second-order valence-electron chi connectivity index (χ2n) is 5.41. The molecule has 1 unspecified atom stereocenters. The van der Waals surface area contributed by atoms with Crippen molar-refractivity contribution in [2.75, 3.05) is 5.01 Å². The van der Waals surface area contributed by atoms with Gasteiger partial charge < -0.3 is 10.5 Å². The van der Waals surface area contributed by atoms with Crippen molar-refractivity contribution in [3.8, 4) is 0 Å². The van der Waals surface area contributed by atoms with Crippen molar-refractivity contribution in [3.05, 3.63) is 66.2 Å². The molecule has 2 aromatic carbocycles. The highest BCUT2D eigenvalue weighted by Gasteiger charge is 2.35. The van der Waals surface area contributed by atoms with Gasteiger partial charge in [0.25, 0.3) is 0 Å². The fraction of sp³-hybridized carbons (Fsp3) is 0.167. The molecule has 1 aliphatic rings. The van der Waals surface area contributed by atoms with E-state index >= 15 is 0 Å². The molecule has 122 valence electrons. The minimum absolute atomic E-state index is 0.137. The number of primary amides is 1. The highest BCUT2D eigenvalue weighted by molar-refractivity contribution is 6.38. The zero-order valence-corrected chi connectivity index (χ0v) is 13.0. The van der Waals surface area contributed by atoms with Gasteiger partial charge in [-0.3, -0.25) is 9.80 Å². The first-order valence-electron chi connectivity index (χ1n) is 7.57. The summed E-state index contributed by atoms with van der Waals surface area (Å²) in [7, 11) is 0. The van der Waals surface area contributed by atoms with Crippen LogP contribution in [-0.2, 0) is 20.9 Å². The zero-order chi connectivity index (χ0) is 16.9. The Kier molecular flexibility index (Phi) is 4.56. The fourth-order valence-corrected chi connectivity index (χ4v) is 2.48. The lowest BCUT2D eigenvalue weighted by atomic mass is 10.1. The Morgan fingerprint density at radius 2 is 1.71 bits per heavy atom. The van der Waals surface area contributed by atoms with Crippen LogP contribution in [0.1, 0.15) is 12.0 Å². The van der Waals surface area contributed by atoms with E-state index in [1.54, 1.807) is 12.1 Å². The zero-order valence-electron chi connectivity index (χ0n) is 13.0. The van der Waals surface area contributed by atoms with Crippen molar-refractivity contribution < 1.29 is 14.3 Å². The van der Waals surface area contributed by atoms with Gasteiger partial charge in [-0.25, -0.2) is 4.79 Å². The van der Waals surface area contributed by atoms with Gasteiger partial charge in [0.2, 0.25) is 5.91 Å². The Morgan fingerprint density at radius 1 is 1.08 bits per heavy atom. The number of amides is 1. The van der Waals surface area contributed by atoms with Crippen LogP contribution in [0.3, 0.4) is 0 Å². The van der Waals surface area contributed by atoms with Crippen molar-refractivity contribution in [2.45, 2.75) is 19.1 Å². The first-order chi connectivity index (χ1) is 11.6. The average molecular weight is 323 g/mol. The lowest BCUT2D eigenvalue weighted by molar-refractivity contribution is -0.136. The largest absolute Gasteiger partial charge is 0.456 e. The molecule has 0 aromatic heterocycles. The fourth-order valence-electron chi connectivity index (χ4n) is 2.48. The summed E-state index contributed by atoms with van der Waals surface area (Å²) in [6.45, 7) is 0.158. The van der Waals surface area contributed by atoms with E-state index in [0.29, 0.717) is 5.69 Å². The number of carbonyl (C=O) groups excluding carboxylic acids is 2. The van der Waals surface area contributed by atoms with E-state index in [1.807, 2.05) is 48.5 Å². The maximum Gasteiger partial charge on any atom is 0.354 e. The predicted molar refractivity (Wildman–Crippen MR) is 90.2 cm³/mol. The number of ether oxygens (including phenoxy) is 1. The molecule has 0 saturated heterocycles. The van der Waals surface area contributed by atoms with E-state index in [4.69, 9.17) is 10.5 Å². The van der Waals surface area contributed by atoms with E-state index in [9.17, 15) is 9.59 Å². The van der Waals surface area contributed by atoms with E-state index in [0.717, 1.165) is 5.56 Å². The van der Waals surface area contributed by atoms with Gasteiger partial charge >= 0.3 is 5.97 Å². The number of nitrogens with two attached hydrogens (primary N) is 1. The van der Waals surface area contributed by atoms with Crippen LogP contribution in [0, 0.1) is 0 Å². The molecule has 1 aliphatic heterocycles. The molecule has 1 heterocycles. The smallest absolute Gasteiger partial charge is 0.354 e. The van der Waals surface area contributed by atoms with E-state index in [2.05, 4.69) is 5.10 Å². The number of para-hydroxylation sites is 1. The molecule has 2 aromatic rings. The summed E-state index contributed by atoms with van der Waals surface area (Å²) in [5, 5.41) is 5.72. The van der Waals surface area contributed by atoms with Gasteiger partial charge in [0.15, 0.2) is 0 Å². The number of hydrazone groups is 1. The molecule has 0 saturated carbocycles. The van der Waals surface area contributed by atoms with Gasteiger partial charge in [-0.05, 0) is 17.7 Å². The molecule has 6 nitrogen and oxygen atoms in total. The Bertz CT molecular complexity index is 760. The van der Waals surface area contributed by atoms with Crippen molar-refractivity contribution >= 4 is 23.3 Å². The van der Waals surface area contributed by atoms with Gasteiger partial charge in [0, 0.05) is 6.42 Å². The number of hydrogen-bond donors (Lipinski definition) is 1. The van der Waals surface area contributed by atoms with Crippen molar-refractivity contribution in [2.24, 2.45) is 10.8 Å². The molecule has 0 fully saturated rings. The van der Waals surface area contributed by atoms with Crippen LogP contribution >= 0.6 is 0 Å². The van der Waals surface area contributed by atoms with Crippen LogP contribution in [0.4, 0.5) is 5.69 Å². The molecule has 0 spiro atoms. The number of nitrogens with zero attached hydrogens (tertiary/aromatic N) is 2. The standard InChI is InChI=1S/C18H17N3O3/c19-17(22)16-11-15(20-21(16)14-9-5-2-6-10-14)18(23)24-12-13-7-3-1-4-8-13/h1-10,16H,11-12H2,(H2,19,22). The summed E-state index contributed by atoms with van der Waals surface area (Å²) in [5.41, 5.74) is 7.23. The lowest BCUT2D eigenvalue weighted by Gasteiger charge is -2.20. The molecule has 1 amide bonds. The van der Waals surface area contributed by atoms with E-state index in [1.165, 1.54) is 5.01 Å². The number of carbonyl (C=O) groups is 2. The second-order valence-corrected chi connectivity index (χ2v) is 5.41. The van der Waals surface area contributed by atoms with E-state index < -0.39 is 17.9 Å². The summed E-state index contributed by atoms with van der Waals surface area (Å²) in [5.74, 6) is -1.07. The lowest BCUT2D eigenvalue weighted by Crippen LogP contribution is -2.39. The van der Waals surface area contributed by atoms with Crippen molar-refractivity contribution in [3.63, 3.8) is 0 Å². The Hall–Kier alpha value is -3.15. The van der Waals surface area contributed by atoms with Crippen LogP contribution in [0.5, 0.6) is 0 Å². The molecule has 0 radical (unpaired) electrons. The molecular weight excluding hydrogens is 306 g/mol. The third-order valence-corrected chi connectivity index (χ3v) is 3.71. The first kappa shape index (κ1) is 15.7. The number of benzene rings is 2. The predicted octanol–water partition coefficient (Wildman–Crippen LogP) is 1.85. The first-order valence-corrected chi connectivity index (χ1v) is 7.57. The molecule has 0 aliphatic carbocycles. The number of esters is 1. The van der Waals surface area contributed by atoms with Crippen molar-refractivity contribution in [1.29, 1.82) is 0 Å². The molecule has 6 heteroatoms. The van der Waals surface area contributed by atoms with Crippen LogP contribution in [0.15, 0.2) is 65.8 Å². The minimum atomic E-state index is -0.688. The van der Waals surface area contributed by atoms with Gasteiger partial charge in [0.05, 0.1) is 5.69 Å². The van der Waals surface area contributed by atoms with Crippen LogP contribution in [-0.4, -0.2) is 23.6 Å². The molecule has 3 rings (SSSR count). The third-order valence-electron chi connectivity index (χ3n) is 3.71. The van der Waals surface area contributed by atoms with E-state index in [-0.39, 0.29) is 18.7 Å².